The van der Waals surface area contributed by atoms with Gasteiger partial charge in [0.05, 0.1) is 12.6 Å². The number of carbonyl (C=O) groups is 1. The van der Waals surface area contributed by atoms with Crippen molar-refractivity contribution in [3.05, 3.63) is 87.2 Å². The number of hydrogen-bond donors (Lipinski definition) is 1. The fraction of sp³-hybridized carbons (Fsp3) is 0.217. The molecule has 0 aliphatic carbocycles. The normalized spacial score (nSPS) is 11.2. The van der Waals surface area contributed by atoms with Gasteiger partial charge in [0.1, 0.15) is 0 Å². The smallest absolute Gasteiger partial charge is 0.244 e. The molecule has 0 spiro atoms. The Morgan fingerprint density at radius 2 is 1.86 bits per heavy atom. The minimum absolute atomic E-state index is 0.136. The Kier molecular flexibility index (Phi) is 6.00. The summed E-state index contributed by atoms with van der Waals surface area (Å²) in [4.78, 5) is 12.2. The molecule has 0 aliphatic heterocycles. The van der Waals surface area contributed by atoms with Crippen LogP contribution in [0.1, 0.15) is 33.6 Å². The predicted octanol–water partition coefficient (Wildman–Crippen LogP) is 5.06. The fourth-order valence-electron chi connectivity index (χ4n) is 3.24. The van der Waals surface area contributed by atoms with Crippen LogP contribution in [0.5, 0.6) is 0 Å². The largest absolute Gasteiger partial charge is 0.318 e. The van der Waals surface area contributed by atoms with Crippen molar-refractivity contribution in [3.63, 3.8) is 0 Å². The molecule has 0 radical (unpaired) electrons. The number of aromatic nitrogens is 1. The summed E-state index contributed by atoms with van der Waals surface area (Å²) in [5.41, 5.74) is 10.1. The molecular formula is C23H24ClN3O. The molecule has 0 saturated heterocycles. The van der Waals surface area contributed by atoms with Gasteiger partial charge in [0.2, 0.25) is 5.91 Å². The van der Waals surface area contributed by atoms with Crippen LogP contribution >= 0.6 is 11.6 Å². The van der Waals surface area contributed by atoms with Crippen LogP contribution < -0.4 is 5.43 Å². The van der Waals surface area contributed by atoms with Crippen LogP contribution in [0.4, 0.5) is 0 Å². The second kappa shape index (κ2) is 8.44. The van der Waals surface area contributed by atoms with E-state index >= 15 is 0 Å². The average Bonchev–Trinajstić information content (AvgIpc) is 2.92. The molecule has 0 bridgehead atoms. The lowest BCUT2D eigenvalue weighted by molar-refractivity contribution is -0.120. The summed E-state index contributed by atoms with van der Waals surface area (Å²) in [5.74, 6) is -0.136. The van der Waals surface area contributed by atoms with Crippen molar-refractivity contribution in [2.75, 3.05) is 0 Å². The van der Waals surface area contributed by atoms with E-state index in [0.29, 0.717) is 11.4 Å². The maximum absolute atomic E-state index is 12.2. The molecule has 2 aromatic carbocycles. The number of nitrogens with zero attached hydrogens (tertiary/aromatic N) is 2. The summed E-state index contributed by atoms with van der Waals surface area (Å²) in [6, 6.07) is 15.8. The van der Waals surface area contributed by atoms with Crippen molar-refractivity contribution >= 4 is 23.7 Å². The highest BCUT2D eigenvalue weighted by Crippen LogP contribution is 2.22. The van der Waals surface area contributed by atoms with Gasteiger partial charge in [0.15, 0.2) is 0 Å². The van der Waals surface area contributed by atoms with Crippen molar-refractivity contribution in [1.29, 1.82) is 0 Å². The summed E-state index contributed by atoms with van der Waals surface area (Å²) in [7, 11) is 0. The van der Waals surface area contributed by atoms with Gasteiger partial charge in [-0.3, -0.25) is 4.79 Å². The molecule has 1 N–H and O–H groups in total. The number of hydrazone groups is 1. The van der Waals surface area contributed by atoms with Gasteiger partial charge in [0, 0.05) is 27.7 Å². The third-order valence-corrected chi connectivity index (χ3v) is 5.10. The number of carbonyl (C=O) groups excluding carboxylic acids is 1. The van der Waals surface area contributed by atoms with Gasteiger partial charge in [-0.05, 0) is 68.7 Å². The van der Waals surface area contributed by atoms with E-state index < -0.39 is 0 Å². The lowest BCUT2D eigenvalue weighted by atomic mass is 10.0. The Morgan fingerprint density at radius 1 is 1.07 bits per heavy atom. The summed E-state index contributed by atoms with van der Waals surface area (Å²) in [6.45, 7) is 8.16. The van der Waals surface area contributed by atoms with E-state index in [-0.39, 0.29) is 5.91 Å². The highest BCUT2D eigenvalue weighted by atomic mass is 35.5. The predicted molar refractivity (Wildman–Crippen MR) is 116 cm³/mol. The van der Waals surface area contributed by atoms with Gasteiger partial charge in [-0.25, -0.2) is 5.43 Å². The maximum atomic E-state index is 12.2. The molecule has 0 atom stereocenters. The lowest BCUT2D eigenvalue weighted by Crippen LogP contribution is -2.19. The first-order valence-corrected chi connectivity index (χ1v) is 9.56. The number of aryl methyl sites for hydroxylation is 3. The highest BCUT2D eigenvalue weighted by molar-refractivity contribution is 6.30. The van der Waals surface area contributed by atoms with Crippen molar-refractivity contribution < 1.29 is 4.79 Å². The number of halogens is 1. The number of hydrogen-bond acceptors (Lipinski definition) is 2. The fourth-order valence-corrected chi connectivity index (χ4v) is 3.43. The van der Waals surface area contributed by atoms with Crippen molar-refractivity contribution in [3.8, 4) is 5.69 Å². The number of nitrogens with one attached hydrogen (secondary N) is 1. The zero-order valence-electron chi connectivity index (χ0n) is 16.6. The van der Waals surface area contributed by atoms with E-state index in [1.165, 1.54) is 11.1 Å². The summed E-state index contributed by atoms with van der Waals surface area (Å²) in [6.07, 6.45) is 1.99. The molecule has 28 heavy (non-hydrogen) atoms. The second-order valence-electron chi connectivity index (χ2n) is 7.03. The zero-order valence-corrected chi connectivity index (χ0v) is 17.3. The van der Waals surface area contributed by atoms with Crippen LogP contribution in [0.3, 0.4) is 0 Å². The summed E-state index contributed by atoms with van der Waals surface area (Å²) >= 11 is 6.12. The first kappa shape index (κ1) is 19.9. The number of benzene rings is 2. The Bertz CT molecular complexity index is 1050. The van der Waals surface area contributed by atoms with Gasteiger partial charge < -0.3 is 4.57 Å². The molecule has 0 saturated carbocycles. The Morgan fingerprint density at radius 3 is 2.57 bits per heavy atom. The SMILES string of the molecule is Cc1ccc(CC(=O)N/N=C\c2cc(C)n(-c3cccc(Cl)c3)c2C)cc1C. The summed E-state index contributed by atoms with van der Waals surface area (Å²) < 4.78 is 2.12. The minimum Gasteiger partial charge on any atom is -0.318 e. The van der Waals surface area contributed by atoms with Gasteiger partial charge in [-0.1, -0.05) is 35.9 Å². The maximum Gasteiger partial charge on any atom is 0.244 e. The molecule has 0 aliphatic rings. The molecule has 144 valence electrons. The monoisotopic (exact) mass is 393 g/mol. The highest BCUT2D eigenvalue weighted by Gasteiger charge is 2.10. The molecule has 3 aromatic rings. The minimum atomic E-state index is -0.136. The topological polar surface area (TPSA) is 46.4 Å². The van der Waals surface area contributed by atoms with Crippen LogP contribution in [-0.4, -0.2) is 16.7 Å². The molecule has 5 heteroatoms. The quantitative estimate of drug-likeness (QED) is 0.478. The van der Waals surface area contributed by atoms with Crippen molar-refractivity contribution in [1.82, 2.24) is 9.99 Å². The third-order valence-electron chi connectivity index (χ3n) is 4.87. The summed E-state index contributed by atoms with van der Waals surface area (Å²) in [5, 5.41) is 4.83. The van der Waals surface area contributed by atoms with E-state index in [9.17, 15) is 4.79 Å². The van der Waals surface area contributed by atoms with Crippen LogP contribution in [-0.2, 0) is 11.2 Å². The number of amides is 1. The van der Waals surface area contributed by atoms with E-state index in [1.54, 1.807) is 6.21 Å². The van der Waals surface area contributed by atoms with Crippen LogP contribution in [0, 0.1) is 27.7 Å². The molecule has 1 aromatic heterocycles. The van der Waals surface area contributed by atoms with Crippen LogP contribution in [0.2, 0.25) is 5.02 Å². The van der Waals surface area contributed by atoms with Crippen molar-refractivity contribution in [2.45, 2.75) is 34.1 Å². The molecular weight excluding hydrogens is 370 g/mol. The van der Waals surface area contributed by atoms with Crippen molar-refractivity contribution in [2.24, 2.45) is 5.10 Å². The lowest BCUT2D eigenvalue weighted by Gasteiger charge is -2.09. The Labute approximate surface area is 170 Å². The second-order valence-corrected chi connectivity index (χ2v) is 7.47. The van der Waals surface area contributed by atoms with Gasteiger partial charge in [-0.15, -0.1) is 0 Å². The van der Waals surface area contributed by atoms with Gasteiger partial charge in [0.25, 0.3) is 0 Å². The standard InChI is InChI=1S/C23H24ClN3O/c1-15-8-9-19(10-16(15)2)12-23(28)26-25-14-20-11-17(3)27(18(20)4)22-7-5-6-21(24)13-22/h5-11,13-14H,12H2,1-4H3,(H,26,28)/b25-14-. The third kappa shape index (κ3) is 4.52. The van der Waals surface area contributed by atoms with E-state index in [2.05, 4.69) is 22.0 Å². The molecule has 4 nitrogen and oxygen atoms in total. The molecule has 1 amide bonds. The molecule has 0 fully saturated rings. The number of rotatable bonds is 5. The van der Waals surface area contributed by atoms with E-state index in [4.69, 9.17) is 11.6 Å². The van der Waals surface area contributed by atoms with E-state index in [0.717, 1.165) is 28.2 Å². The molecule has 0 unspecified atom stereocenters. The Balaban J connectivity index is 1.70. The van der Waals surface area contributed by atoms with Gasteiger partial charge >= 0.3 is 0 Å². The Hall–Kier alpha value is -2.85. The zero-order chi connectivity index (χ0) is 20.3. The van der Waals surface area contributed by atoms with Gasteiger partial charge in [-0.2, -0.15) is 5.10 Å². The van der Waals surface area contributed by atoms with Crippen LogP contribution in [0.25, 0.3) is 5.69 Å². The van der Waals surface area contributed by atoms with Crippen LogP contribution in [0.15, 0.2) is 53.6 Å². The van der Waals surface area contributed by atoms with E-state index in [1.807, 2.05) is 69.3 Å². The molecule has 3 rings (SSSR count). The first-order valence-electron chi connectivity index (χ1n) is 9.18. The first-order chi connectivity index (χ1) is 13.3. The average molecular weight is 394 g/mol. The molecule has 1 heterocycles.